The molecule has 8 heteroatoms. The van der Waals surface area contributed by atoms with Crippen LogP contribution in [0.3, 0.4) is 0 Å². The van der Waals surface area contributed by atoms with Crippen molar-refractivity contribution in [3.8, 4) is 0 Å². The number of aromatic amines is 2. The predicted molar refractivity (Wildman–Crippen MR) is 69.1 cm³/mol. The molecule has 1 aromatic heterocycles. The van der Waals surface area contributed by atoms with Crippen LogP contribution in [-0.2, 0) is 10.1 Å². The number of rotatable bonds is 2. The van der Waals surface area contributed by atoms with E-state index in [1.54, 1.807) is 13.8 Å². The Morgan fingerprint density at radius 1 is 1.16 bits per heavy atom. The van der Waals surface area contributed by atoms with Gasteiger partial charge in [0.05, 0.1) is 15.8 Å². The van der Waals surface area contributed by atoms with Gasteiger partial charge in [0.15, 0.2) is 0 Å². The van der Waals surface area contributed by atoms with Gasteiger partial charge in [-0.05, 0) is 23.6 Å². The lowest BCUT2D eigenvalue weighted by molar-refractivity contribution is 0.481. The summed E-state index contributed by atoms with van der Waals surface area (Å²) in [6, 6.07) is 2.45. The zero-order valence-electron chi connectivity index (χ0n) is 10.2. The van der Waals surface area contributed by atoms with E-state index in [0.29, 0.717) is 5.56 Å². The van der Waals surface area contributed by atoms with E-state index in [1.807, 2.05) is 4.98 Å². The molecule has 3 N–H and O–H groups in total. The van der Waals surface area contributed by atoms with Crippen molar-refractivity contribution in [3.05, 3.63) is 38.5 Å². The SMILES string of the molecule is CC(C)c1cc2[nH]c(=O)[nH]c(=O)c2cc1S(=O)(=O)O. The number of fused-ring (bicyclic) bond motifs is 1. The number of hydrogen-bond donors (Lipinski definition) is 3. The highest BCUT2D eigenvalue weighted by atomic mass is 32.2. The van der Waals surface area contributed by atoms with Crippen LogP contribution < -0.4 is 11.2 Å². The van der Waals surface area contributed by atoms with Crippen molar-refractivity contribution in [2.75, 3.05) is 0 Å². The molecule has 0 saturated carbocycles. The van der Waals surface area contributed by atoms with Gasteiger partial charge in [-0.25, -0.2) is 4.79 Å². The number of H-pyrrole nitrogens is 2. The first-order chi connectivity index (χ1) is 8.70. The van der Waals surface area contributed by atoms with Gasteiger partial charge in [0.25, 0.3) is 15.7 Å². The Labute approximate surface area is 108 Å². The zero-order chi connectivity index (χ0) is 14.4. The molecule has 102 valence electrons. The van der Waals surface area contributed by atoms with E-state index in [1.165, 1.54) is 6.07 Å². The van der Waals surface area contributed by atoms with Gasteiger partial charge in [-0.2, -0.15) is 8.42 Å². The van der Waals surface area contributed by atoms with Crippen molar-refractivity contribution in [1.29, 1.82) is 0 Å². The van der Waals surface area contributed by atoms with Gasteiger partial charge >= 0.3 is 5.69 Å². The lowest BCUT2D eigenvalue weighted by atomic mass is 10.0. The van der Waals surface area contributed by atoms with E-state index in [-0.39, 0.29) is 21.7 Å². The third kappa shape index (κ3) is 2.45. The topological polar surface area (TPSA) is 120 Å². The second-order valence-electron chi connectivity index (χ2n) is 4.47. The summed E-state index contributed by atoms with van der Waals surface area (Å²) in [6.45, 7) is 3.47. The summed E-state index contributed by atoms with van der Waals surface area (Å²) in [4.78, 5) is 26.9. The predicted octanol–water partition coefficient (Wildman–Crippen LogP) is 0.587. The van der Waals surface area contributed by atoms with Crippen molar-refractivity contribution in [2.45, 2.75) is 24.7 Å². The molecular formula is C11H12N2O5S. The van der Waals surface area contributed by atoms with E-state index in [2.05, 4.69) is 4.98 Å². The summed E-state index contributed by atoms with van der Waals surface area (Å²) in [5, 5.41) is -0.00312. The summed E-state index contributed by atoms with van der Waals surface area (Å²) in [5.74, 6) is -0.205. The summed E-state index contributed by atoms with van der Waals surface area (Å²) >= 11 is 0. The fraction of sp³-hybridized carbons (Fsp3) is 0.273. The average Bonchev–Trinajstić information content (AvgIpc) is 2.25. The van der Waals surface area contributed by atoms with Crippen molar-refractivity contribution >= 4 is 21.0 Å². The highest BCUT2D eigenvalue weighted by Gasteiger charge is 2.19. The fourth-order valence-electron chi connectivity index (χ4n) is 1.89. The molecule has 0 atom stereocenters. The van der Waals surface area contributed by atoms with Crippen LogP contribution in [0.2, 0.25) is 0 Å². The molecule has 1 heterocycles. The molecule has 0 radical (unpaired) electrons. The first-order valence-electron chi connectivity index (χ1n) is 5.48. The smallest absolute Gasteiger partial charge is 0.307 e. The van der Waals surface area contributed by atoms with Crippen molar-refractivity contribution in [1.82, 2.24) is 9.97 Å². The van der Waals surface area contributed by atoms with Crippen LogP contribution in [-0.4, -0.2) is 22.9 Å². The van der Waals surface area contributed by atoms with Gasteiger partial charge in [-0.1, -0.05) is 13.8 Å². The number of nitrogens with one attached hydrogen (secondary N) is 2. The first-order valence-corrected chi connectivity index (χ1v) is 6.92. The van der Waals surface area contributed by atoms with Gasteiger partial charge in [-0.15, -0.1) is 0 Å². The summed E-state index contributed by atoms with van der Waals surface area (Å²) < 4.78 is 31.9. The van der Waals surface area contributed by atoms with Gasteiger partial charge in [0, 0.05) is 0 Å². The van der Waals surface area contributed by atoms with Gasteiger partial charge in [0.1, 0.15) is 0 Å². The minimum atomic E-state index is -4.44. The van der Waals surface area contributed by atoms with Crippen LogP contribution in [0.5, 0.6) is 0 Å². The first kappa shape index (κ1) is 13.5. The molecule has 2 rings (SSSR count). The maximum absolute atomic E-state index is 11.6. The van der Waals surface area contributed by atoms with Crippen LogP contribution in [0, 0.1) is 0 Å². The number of benzene rings is 1. The Hall–Kier alpha value is -1.93. The van der Waals surface area contributed by atoms with E-state index >= 15 is 0 Å². The fourth-order valence-corrected chi connectivity index (χ4v) is 2.75. The lowest BCUT2D eigenvalue weighted by Gasteiger charge is -2.11. The molecule has 7 nitrogen and oxygen atoms in total. The molecule has 0 amide bonds. The Morgan fingerprint density at radius 3 is 2.32 bits per heavy atom. The number of hydrogen-bond acceptors (Lipinski definition) is 4. The molecule has 0 aliphatic carbocycles. The second kappa shape index (κ2) is 4.32. The molecular weight excluding hydrogens is 272 g/mol. The molecule has 0 aliphatic heterocycles. The van der Waals surface area contributed by atoms with E-state index < -0.39 is 21.4 Å². The summed E-state index contributed by atoms with van der Waals surface area (Å²) in [6.07, 6.45) is 0. The normalized spacial score (nSPS) is 12.2. The Bertz CT molecular complexity index is 861. The minimum absolute atomic E-state index is 0.00312. The van der Waals surface area contributed by atoms with Crippen molar-refractivity contribution < 1.29 is 13.0 Å². The average molecular weight is 284 g/mol. The highest BCUT2D eigenvalue weighted by molar-refractivity contribution is 7.85. The van der Waals surface area contributed by atoms with Crippen LogP contribution in [0.15, 0.2) is 26.6 Å². The van der Waals surface area contributed by atoms with Gasteiger partial charge in [0.2, 0.25) is 0 Å². The van der Waals surface area contributed by atoms with Crippen LogP contribution >= 0.6 is 0 Å². The molecule has 1 aromatic carbocycles. The van der Waals surface area contributed by atoms with E-state index in [4.69, 9.17) is 0 Å². The Balaban J connectivity index is 3.01. The highest BCUT2D eigenvalue weighted by Crippen LogP contribution is 2.26. The third-order valence-corrected chi connectivity index (χ3v) is 3.68. The Kier molecular flexibility index (Phi) is 3.07. The number of aromatic nitrogens is 2. The van der Waals surface area contributed by atoms with Gasteiger partial charge < -0.3 is 4.98 Å². The van der Waals surface area contributed by atoms with E-state index in [0.717, 1.165) is 6.07 Å². The van der Waals surface area contributed by atoms with E-state index in [9.17, 15) is 22.6 Å². The third-order valence-electron chi connectivity index (χ3n) is 2.77. The molecule has 0 fully saturated rings. The second-order valence-corrected chi connectivity index (χ2v) is 5.86. The molecule has 19 heavy (non-hydrogen) atoms. The molecule has 0 unspecified atom stereocenters. The maximum atomic E-state index is 11.6. The zero-order valence-corrected chi connectivity index (χ0v) is 11.0. The summed E-state index contributed by atoms with van der Waals surface area (Å²) in [5.41, 5.74) is -0.827. The van der Waals surface area contributed by atoms with Crippen molar-refractivity contribution in [2.24, 2.45) is 0 Å². The molecule has 0 saturated heterocycles. The van der Waals surface area contributed by atoms with Gasteiger partial charge in [-0.3, -0.25) is 14.3 Å². The van der Waals surface area contributed by atoms with Crippen LogP contribution in [0.4, 0.5) is 0 Å². The van der Waals surface area contributed by atoms with Crippen molar-refractivity contribution in [3.63, 3.8) is 0 Å². The molecule has 0 aliphatic rings. The van der Waals surface area contributed by atoms with Crippen LogP contribution in [0.1, 0.15) is 25.3 Å². The quantitative estimate of drug-likeness (QED) is 0.697. The van der Waals surface area contributed by atoms with Crippen LogP contribution in [0.25, 0.3) is 10.9 Å². The maximum Gasteiger partial charge on any atom is 0.326 e. The lowest BCUT2D eigenvalue weighted by Crippen LogP contribution is -2.22. The standard InChI is InChI=1S/C11H12N2O5S/c1-5(2)6-3-8-7(4-9(6)19(16,17)18)10(14)13-11(15)12-8/h3-5H,1-2H3,(H,16,17,18)(H2,12,13,14,15). The largest absolute Gasteiger partial charge is 0.326 e. The molecule has 0 bridgehead atoms. The summed E-state index contributed by atoms with van der Waals surface area (Å²) in [7, 11) is -4.44. The molecule has 0 spiro atoms. The monoisotopic (exact) mass is 284 g/mol. The Morgan fingerprint density at radius 2 is 1.79 bits per heavy atom. The molecule has 2 aromatic rings. The minimum Gasteiger partial charge on any atom is -0.307 e.